The second-order valence-electron chi connectivity index (χ2n) is 7.23. The van der Waals surface area contributed by atoms with Crippen LogP contribution < -0.4 is 10.6 Å². The lowest BCUT2D eigenvalue weighted by Crippen LogP contribution is -2.48. The molecule has 8 heteroatoms. The zero-order valence-electron chi connectivity index (χ0n) is 15.6. The Morgan fingerprint density at radius 3 is 2.46 bits per heavy atom. The number of piperidine rings is 1. The minimum absolute atomic E-state index is 0. The molecule has 1 aromatic rings. The largest absolute Gasteiger partial charge is 0.355 e. The first kappa shape index (κ1) is 22.9. The van der Waals surface area contributed by atoms with Crippen molar-refractivity contribution in [2.24, 2.45) is 17.6 Å². The number of amides is 1. The van der Waals surface area contributed by atoms with E-state index in [0.29, 0.717) is 24.4 Å². The fraction of sp³-hybridized carbons (Fsp3) is 0.722. The first-order chi connectivity index (χ1) is 11.6. The van der Waals surface area contributed by atoms with Crippen molar-refractivity contribution in [3.63, 3.8) is 0 Å². The minimum Gasteiger partial charge on any atom is -0.355 e. The molecule has 2 fully saturated rings. The molecule has 2 heterocycles. The highest BCUT2D eigenvalue weighted by Crippen LogP contribution is 2.33. The van der Waals surface area contributed by atoms with Crippen molar-refractivity contribution >= 4 is 36.5 Å². The lowest BCUT2D eigenvalue weighted by molar-refractivity contribution is -0.137. The van der Waals surface area contributed by atoms with E-state index in [9.17, 15) is 4.79 Å². The molecule has 26 heavy (non-hydrogen) atoms. The van der Waals surface area contributed by atoms with Gasteiger partial charge in [-0.25, -0.2) is 0 Å². The monoisotopic (exact) mass is 403 g/mol. The molecule has 3 rings (SSSR count). The molecule has 2 aliphatic rings. The minimum atomic E-state index is 0. The molecule has 1 aliphatic carbocycles. The summed E-state index contributed by atoms with van der Waals surface area (Å²) in [5.74, 6) is 1.79. The third-order valence-corrected chi connectivity index (χ3v) is 5.75. The van der Waals surface area contributed by atoms with Crippen molar-refractivity contribution in [2.45, 2.75) is 45.1 Å². The maximum absolute atomic E-state index is 12.8. The zero-order valence-corrected chi connectivity index (χ0v) is 17.3. The third-order valence-electron chi connectivity index (χ3n) is 5.75. The van der Waals surface area contributed by atoms with Crippen molar-refractivity contribution in [3.8, 4) is 0 Å². The number of halogens is 2. The summed E-state index contributed by atoms with van der Waals surface area (Å²) < 4.78 is 0. The van der Waals surface area contributed by atoms with E-state index in [1.165, 1.54) is 0 Å². The average molecular weight is 404 g/mol. The highest BCUT2D eigenvalue weighted by molar-refractivity contribution is 5.85. The van der Waals surface area contributed by atoms with Crippen molar-refractivity contribution in [3.05, 3.63) is 17.8 Å². The molecule has 0 bridgehead atoms. The van der Waals surface area contributed by atoms with Gasteiger partial charge in [0.25, 0.3) is 0 Å². The zero-order chi connectivity index (χ0) is 17.1. The van der Waals surface area contributed by atoms with E-state index in [2.05, 4.69) is 27.0 Å². The molecule has 1 saturated carbocycles. The summed E-state index contributed by atoms with van der Waals surface area (Å²) in [6.07, 6.45) is 5.23. The maximum Gasteiger partial charge on any atom is 0.226 e. The van der Waals surface area contributed by atoms with Gasteiger partial charge in [-0.05, 0) is 57.2 Å². The topological polar surface area (TPSA) is 75.3 Å². The first-order valence-corrected chi connectivity index (χ1v) is 9.12. The molecule has 6 nitrogen and oxygen atoms in total. The van der Waals surface area contributed by atoms with Crippen LogP contribution in [0.4, 0.5) is 5.82 Å². The lowest BCUT2D eigenvalue weighted by Gasteiger charge is -2.38. The molecule has 0 aromatic carbocycles. The predicted molar refractivity (Wildman–Crippen MR) is 109 cm³/mol. The highest BCUT2D eigenvalue weighted by Gasteiger charge is 2.36. The molecule has 0 radical (unpaired) electrons. The van der Waals surface area contributed by atoms with Crippen molar-refractivity contribution in [1.82, 2.24) is 15.1 Å². The van der Waals surface area contributed by atoms with Crippen LogP contribution in [-0.2, 0) is 4.79 Å². The van der Waals surface area contributed by atoms with Crippen LogP contribution in [0.25, 0.3) is 0 Å². The SMILES string of the molecule is Cc1ccc(N(C)C2CCN(C(=O)[C@@H]3CCC[C@@H]3CN)CC2)nn1.Cl.Cl. The van der Waals surface area contributed by atoms with Gasteiger partial charge in [-0.2, -0.15) is 5.10 Å². The van der Waals surface area contributed by atoms with Gasteiger partial charge in [0, 0.05) is 32.1 Å². The fourth-order valence-corrected chi connectivity index (χ4v) is 4.12. The Labute approximate surface area is 168 Å². The highest BCUT2D eigenvalue weighted by atomic mass is 35.5. The molecule has 1 saturated heterocycles. The second-order valence-corrected chi connectivity index (χ2v) is 7.23. The van der Waals surface area contributed by atoms with Crippen molar-refractivity contribution in [1.29, 1.82) is 0 Å². The number of aromatic nitrogens is 2. The van der Waals surface area contributed by atoms with Crippen LogP contribution in [-0.4, -0.2) is 53.7 Å². The summed E-state index contributed by atoms with van der Waals surface area (Å²) in [5.41, 5.74) is 6.77. The predicted octanol–water partition coefficient (Wildman–Crippen LogP) is 2.43. The van der Waals surface area contributed by atoms with E-state index in [1.807, 2.05) is 19.1 Å². The molecule has 1 aromatic heterocycles. The van der Waals surface area contributed by atoms with Crippen molar-refractivity contribution < 1.29 is 4.79 Å². The Morgan fingerprint density at radius 2 is 1.88 bits per heavy atom. The second kappa shape index (κ2) is 10.3. The maximum atomic E-state index is 12.8. The Morgan fingerprint density at radius 1 is 1.19 bits per heavy atom. The van der Waals surface area contributed by atoms with Crippen LogP contribution in [0, 0.1) is 18.8 Å². The van der Waals surface area contributed by atoms with Crippen LogP contribution in [0.5, 0.6) is 0 Å². The molecule has 148 valence electrons. The summed E-state index contributed by atoms with van der Waals surface area (Å²) in [4.78, 5) is 17.0. The van der Waals surface area contributed by atoms with Gasteiger partial charge >= 0.3 is 0 Å². The van der Waals surface area contributed by atoms with Crippen LogP contribution >= 0.6 is 24.8 Å². The molecule has 1 amide bonds. The lowest BCUT2D eigenvalue weighted by atomic mass is 9.93. The van der Waals surface area contributed by atoms with Crippen LogP contribution in [0.15, 0.2) is 12.1 Å². The van der Waals surface area contributed by atoms with Crippen molar-refractivity contribution in [2.75, 3.05) is 31.6 Å². The van der Waals surface area contributed by atoms with Gasteiger partial charge in [0.15, 0.2) is 5.82 Å². The Hall–Kier alpha value is -1.11. The summed E-state index contributed by atoms with van der Waals surface area (Å²) >= 11 is 0. The number of anilines is 1. The van der Waals surface area contributed by atoms with Crippen LogP contribution in [0.2, 0.25) is 0 Å². The first-order valence-electron chi connectivity index (χ1n) is 9.12. The normalized spacial score (nSPS) is 23.1. The van der Waals surface area contributed by atoms with E-state index in [-0.39, 0.29) is 30.7 Å². The molecule has 0 spiro atoms. The number of nitrogens with zero attached hydrogens (tertiary/aromatic N) is 4. The number of carbonyl (C=O) groups is 1. The number of nitrogens with two attached hydrogens (primary N) is 1. The molecule has 0 unspecified atom stereocenters. The van der Waals surface area contributed by atoms with E-state index in [1.54, 1.807) is 0 Å². The number of hydrogen-bond acceptors (Lipinski definition) is 5. The number of hydrogen-bond donors (Lipinski definition) is 1. The Kier molecular flexibility index (Phi) is 9.07. The Bertz CT molecular complexity index is 563. The van der Waals surface area contributed by atoms with E-state index < -0.39 is 0 Å². The van der Waals surface area contributed by atoms with Gasteiger partial charge in [-0.15, -0.1) is 29.9 Å². The van der Waals surface area contributed by atoms with Gasteiger partial charge in [0.2, 0.25) is 5.91 Å². The quantitative estimate of drug-likeness (QED) is 0.834. The van der Waals surface area contributed by atoms with E-state index in [4.69, 9.17) is 5.73 Å². The smallest absolute Gasteiger partial charge is 0.226 e. The summed E-state index contributed by atoms with van der Waals surface area (Å²) in [6, 6.07) is 4.43. The van der Waals surface area contributed by atoms with Gasteiger partial charge in [-0.3, -0.25) is 4.79 Å². The third kappa shape index (κ3) is 4.99. The van der Waals surface area contributed by atoms with E-state index in [0.717, 1.165) is 56.7 Å². The van der Waals surface area contributed by atoms with Gasteiger partial charge in [0.05, 0.1) is 5.69 Å². The average Bonchev–Trinajstić information content (AvgIpc) is 3.10. The molecular formula is C18H31Cl2N5O. The van der Waals surface area contributed by atoms with Crippen LogP contribution in [0.1, 0.15) is 37.8 Å². The number of carbonyl (C=O) groups excluding carboxylic acids is 1. The number of rotatable bonds is 4. The number of likely N-dealkylation sites (tertiary alicyclic amines) is 1. The summed E-state index contributed by atoms with van der Waals surface area (Å²) in [5, 5.41) is 8.41. The van der Waals surface area contributed by atoms with Crippen LogP contribution in [0.3, 0.4) is 0 Å². The van der Waals surface area contributed by atoms with Gasteiger partial charge in [-0.1, -0.05) is 6.42 Å². The summed E-state index contributed by atoms with van der Waals surface area (Å²) in [6.45, 7) is 4.25. The molecular weight excluding hydrogens is 373 g/mol. The summed E-state index contributed by atoms with van der Waals surface area (Å²) in [7, 11) is 2.07. The number of aryl methyl sites for hydroxylation is 1. The fourth-order valence-electron chi connectivity index (χ4n) is 4.12. The van der Waals surface area contributed by atoms with Gasteiger partial charge < -0.3 is 15.5 Å². The Balaban J connectivity index is 0.00000169. The molecule has 2 N–H and O–H groups in total. The van der Waals surface area contributed by atoms with E-state index >= 15 is 0 Å². The van der Waals surface area contributed by atoms with Gasteiger partial charge in [0.1, 0.15) is 0 Å². The molecule has 2 atom stereocenters. The standard InChI is InChI=1S/C18H29N5O.2ClH/c1-13-6-7-17(21-20-13)22(2)15-8-10-23(11-9-15)18(24)16-5-3-4-14(16)12-19;;/h6-7,14-16H,3-5,8-12,19H2,1-2H3;2*1H/t14-,16-;;/m1../s1. The molecule has 1 aliphatic heterocycles.